The van der Waals surface area contributed by atoms with Crippen LogP contribution in [0, 0.1) is 0 Å². The van der Waals surface area contributed by atoms with Crippen molar-refractivity contribution in [2.45, 2.75) is 6.54 Å². The second-order valence-electron chi connectivity index (χ2n) is 3.79. The quantitative estimate of drug-likeness (QED) is 0.756. The molecule has 0 saturated carbocycles. The maximum absolute atomic E-state index is 11.2. The molecule has 1 aromatic carbocycles. The van der Waals surface area contributed by atoms with Crippen LogP contribution in [0.1, 0.15) is 5.56 Å². The number of hydrogen-bond acceptors (Lipinski definition) is 5. The molecular weight excluding hydrogens is 248 g/mol. The zero-order chi connectivity index (χ0) is 14.3. The normalized spacial score (nSPS) is 9.89. The first-order chi connectivity index (χ1) is 9.15. The highest BCUT2D eigenvalue weighted by Gasteiger charge is 2.13. The largest absolute Gasteiger partial charge is 0.496 e. The maximum atomic E-state index is 11.2. The van der Waals surface area contributed by atoms with Crippen molar-refractivity contribution >= 4 is 5.91 Å². The lowest BCUT2D eigenvalue weighted by molar-refractivity contribution is -0.119. The molecular formula is C13H20N2O4. The highest BCUT2D eigenvalue weighted by Crippen LogP contribution is 2.33. The smallest absolute Gasteiger partial charge is 0.233 e. The van der Waals surface area contributed by atoms with E-state index < -0.39 is 0 Å². The Bertz CT molecular complexity index is 410. The number of rotatable bonds is 7. The summed E-state index contributed by atoms with van der Waals surface area (Å²) in [5, 5.41) is 5.57. The summed E-state index contributed by atoms with van der Waals surface area (Å²) in [5.41, 5.74) is 0.842. The third-order valence-electron chi connectivity index (χ3n) is 2.68. The summed E-state index contributed by atoms with van der Waals surface area (Å²) in [6, 6.07) is 3.55. The van der Waals surface area contributed by atoms with E-state index in [9.17, 15) is 4.79 Å². The van der Waals surface area contributed by atoms with E-state index in [1.54, 1.807) is 40.5 Å². The van der Waals surface area contributed by atoms with Crippen LogP contribution in [0.3, 0.4) is 0 Å². The third-order valence-corrected chi connectivity index (χ3v) is 2.68. The van der Waals surface area contributed by atoms with Crippen LogP contribution in [0.2, 0.25) is 0 Å². The average Bonchev–Trinajstić information content (AvgIpc) is 2.46. The third kappa shape index (κ3) is 4.03. The SMILES string of the molecule is CNC(=O)CNCc1c(OC)cc(OC)cc1OC. The van der Waals surface area contributed by atoms with E-state index in [0.29, 0.717) is 23.8 Å². The number of amides is 1. The summed E-state index contributed by atoms with van der Waals surface area (Å²) in [7, 11) is 6.34. The van der Waals surface area contributed by atoms with E-state index in [4.69, 9.17) is 14.2 Å². The van der Waals surface area contributed by atoms with Crippen LogP contribution in [0.15, 0.2) is 12.1 Å². The highest BCUT2D eigenvalue weighted by atomic mass is 16.5. The van der Waals surface area contributed by atoms with Gasteiger partial charge in [0.05, 0.1) is 33.4 Å². The molecule has 0 aliphatic heterocycles. The number of carbonyl (C=O) groups is 1. The number of likely N-dealkylation sites (N-methyl/N-ethyl adjacent to an activating group) is 1. The standard InChI is InChI=1S/C13H20N2O4/c1-14-13(16)8-15-7-10-11(18-3)5-9(17-2)6-12(10)19-4/h5-6,15H,7-8H2,1-4H3,(H,14,16). The fourth-order valence-corrected chi connectivity index (χ4v) is 1.64. The molecule has 1 aromatic rings. The Balaban J connectivity index is 2.88. The van der Waals surface area contributed by atoms with Crippen LogP contribution < -0.4 is 24.8 Å². The molecule has 1 amide bonds. The predicted octanol–water partition coefficient (Wildman–Crippen LogP) is 0.548. The molecule has 106 valence electrons. The lowest BCUT2D eigenvalue weighted by Gasteiger charge is -2.15. The molecule has 0 saturated heterocycles. The van der Waals surface area contributed by atoms with Crippen molar-refractivity contribution in [3.8, 4) is 17.2 Å². The van der Waals surface area contributed by atoms with Crippen LogP contribution in [0.5, 0.6) is 17.2 Å². The minimum absolute atomic E-state index is 0.0774. The van der Waals surface area contributed by atoms with Crippen molar-refractivity contribution in [3.05, 3.63) is 17.7 Å². The molecule has 6 nitrogen and oxygen atoms in total. The Hall–Kier alpha value is -1.95. The van der Waals surface area contributed by atoms with E-state index >= 15 is 0 Å². The Morgan fingerprint density at radius 3 is 2.11 bits per heavy atom. The number of hydrogen-bond donors (Lipinski definition) is 2. The van der Waals surface area contributed by atoms with Gasteiger partial charge in [0.1, 0.15) is 17.2 Å². The van der Waals surface area contributed by atoms with Crippen LogP contribution in [0.4, 0.5) is 0 Å². The molecule has 0 atom stereocenters. The van der Waals surface area contributed by atoms with Crippen molar-refractivity contribution in [1.82, 2.24) is 10.6 Å². The van der Waals surface area contributed by atoms with Gasteiger partial charge in [-0.15, -0.1) is 0 Å². The molecule has 0 radical (unpaired) electrons. The fraction of sp³-hybridized carbons (Fsp3) is 0.462. The predicted molar refractivity (Wildman–Crippen MR) is 71.9 cm³/mol. The van der Waals surface area contributed by atoms with E-state index in [1.807, 2.05) is 0 Å². The van der Waals surface area contributed by atoms with Gasteiger partial charge >= 0.3 is 0 Å². The van der Waals surface area contributed by atoms with Gasteiger partial charge in [0.25, 0.3) is 0 Å². The van der Waals surface area contributed by atoms with E-state index in [0.717, 1.165) is 5.56 Å². The molecule has 0 aliphatic carbocycles. The molecule has 19 heavy (non-hydrogen) atoms. The number of benzene rings is 1. The second-order valence-corrected chi connectivity index (χ2v) is 3.79. The van der Waals surface area contributed by atoms with Gasteiger partial charge in [0, 0.05) is 25.7 Å². The van der Waals surface area contributed by atoms with E-state index in [-0.39, 0.29) is 12.5 Å². The number of carbonyl (C=O) groups excluding carboxylic acids is 1. The molecule has 1 rings (SSSR count). The molecule has 0 bridgehead atoms. The Kier molecular flexibility index (Phi) is 5.95. The molecule has 0 unspecified atom stereocenters. The van der Waals surface area contributed by atoms with Crippen molar-refractivity contribution in [1.29, 1.82) is 0 Å². The molecule has 0 aliphatic rings. The van der Waals surface area contributed by atoms with Gasteiger partial charge in [-0.3, -0.25) is 4.79 Å². The highest BCUT2D eigenvalue weighted by molar-refractivity contribution is 5.77. The number of ether oxygens (including phenoxy) is 3. The summed E-state index contributed by atoms with van der Waals surface area (Å²) >= 11 is 0. The second kappa shape index (κ2) is 7.48. The van der Waals surface area contributed by atoms with Crippen LogP contribution in [0.25, 0.3) is 0 Å². The minimum Gasteiger partial charge on any atom is -0.496 e. The number of nitrogens with one attached hydrogen (secondary N) is 2. The Morgan fingerprint density at radius 2 is 1.68 bits per heavy atom. The average molecular weight is 268 g/mol. The van der Waals surface area contributed by atoms with Gasteiger partial charge in [0.15, 0.2) is 0 Å². The van der Waals surface area contributed by atoms with Crippen molar-refractivity contribution in [2.24, 2.45) is 0 Å². The first-order valence-electron chi connectivity index (χ1n) is 5.86. The molecule has 0 aromatic heterocycles. The molecule has 0 spiro atoms. The van der Waals surface area contributed by atoms with Gasteiger partial charge in [-0.2, -0.15) is 0 Å². The van der Waals surface area contributed by atoms with E-state index in [1.165, 1.54) is 0 Å². The maximum Gasteiger partial charge on any atom is 0.233 e. The number of methoxy groups -OCH3 is 3. The van der Waals surface area contributed by atoms with Gasteiger partial charge < -0.3 is 24.8 Å². The Labute approximate surface area is 113 Å². The zero-order valence-electron chi connectivity index (χ0n) is 11.7. The molecule has 2 N–H and O–H groups in total. The van der Waals surface area contributed by atoms with Crippen molar-refractivity contribution < 1.29 is 19.0 Å². The minimum atomic E-state index is -0.0774. The molecule has 0 heterocycles. The summed E-state index contributed by atoms with van der Waals surface area (Å²) < 4.78 is 15.8. The van der Waals surface area contributed by atoms with Gasteiger partial charge in [0.2, 0.25) is 5.91 Å². The van der Waals surface area contributed by atoms with Gasteiger partial charge in [-0.1, -0.05) is 0 Å². The van der Waals surface area contributed by atoms with Crippen molar-refractivity contribution in [3.63, 3.8) is 0 Å². The van der Waals surface area contributed by atoms with Crippen LogP contribution in [-0.2, 0) is 11.3 Å². The van der Waals surface area contributed by atoms with Gasteiger partial charge in [-0.05, 0) is 0 Å². The van der Waals surface area contributed by atoms with Gasteiger partial charge in [-0.25, -0.2) is 0 Å². The lowest BCUT2D eigenvalue weighted by atomic mass is 10.1. The topological polar surface area (TPSA) is 68.8 Å². The summed E-state index contributed by atoms with van der Waals surface area (Å²) in [6.07, 6.45) is 0. The van der Waals surface area contributed by atoms with E-state index in [2.05, 4.69) is 10.6 Å². The summed E-state index contributed by atoms with van der Waals surface area (Å²) in [4.78, 5) is 11.2. The summed E-state index contributed by atoms with van der Waals surface area (Å²) in [5.74, 6) is 1.89. The van der Waals surface area contributed by atoms with Crippen LogP contribution >= 0.6 is 0 Å². The lowest BCUT2D eigenvalue weighted by Crippen LogP contribution is -2.31. The molecule has 6 heteroatoms. The fourth-order valence-electron chi connectivity index (χ4n) is 1.64. The van der Waals surface area contributed by atoms with Crippen molar-refractivity contribution in [2.75, 3.05) is 34.9 Å². The first-order valence-corrected chi connectivity index (χ1v) is 5.86. The summed E-state index contributed by atoms with van der Waals surface area (Å²) in [6.45, 7) is 0.693. The van der Waals surface area contributed by atoms with Crippen LogP contribution in [-0.4, -0.2) is 40.8 Å². The Morgan fingerprint density at radius 1 is 1.11 bits per heavy atom. The molecule has 0 fully saturated rings. The first kappa shape index (κ1) is 15.1. The monoisotopic (exact) mass is 268 g/mol. The zero-order valence-corrected chi connectivity index (χ0v) is 11.7.